The zero-order valence-electron chi connectivity index (χ0n) is 13.4. The molecule has 0 aliphatic rings. The minimum absolute atomic E-state index is 0.0638. The lowest BCUT2D eigenvalue weighted by atomic mass is 10.1. The second kappa shape index (κ2) is 8.39. The quantitative estimate of drug-likeness (QED) is 0.800. The van der Waals surface area contributed by atoms with E-state index in [9.17, 15) is 0 Å². The molecule has 1 aromatic carbocycles. The van der Waals surface area contributed by atoms with Crippen molar-refractivity contribution in [2.75, 3.05) is 25.6 Å². The molecule has 0 fully saturated rings. The van der Waals surface area contributed by atoms with Crippen LogP contribution in [0.4, 0.5) is 5.82 Å². The van der Waals surface area contributed by atoms with Gasteiger partial charge in [-0.15, -0.1) is 0 Å². The van der Waals surface area contributed by atoms with Crippen LogP contribution < -0.4 is 14.8 Å². The predicted molar refractivity (Wildman–Crippen MR) is 91.6 cm³/mol. The van der Waals surface area contributed by atoms with Gasteiger partial charge >= 0.3 is 0 Å². The molecule has 0 unspecified atom stereocenters. The van der Waals surface area contributed by atoms with Crippen LogP contribution in [0.1, 0.15) is 24.1 Å². The van der Waals surface area contributed by atoms with Crippen molar-refractivity contribution in [3.05, 3.63) is 46.6 Å². The summed E-state index contributed by atoms with van der Waals surface area (Å²) in [6.07, 6.45) is 1.47. The van der Waals surface area contributed by atoms with Gasteiger partial charge in [-0.2, -0.15) is 5.26 Å². The van der Waals surface area contributed by atoms with Crippen molar-refractivity contribution in [1.82, 2.24) is 4.98 Å². The molecule has 6 nitrogen and oxygen atoms in total. The van der Waals surface area contributed by atoms with Crippen LogP contribution in [0.15, 0.2) is 30.5 Å². The van der Waals surface area contributed by atoms with Crippen molar-refractivity contribution in [2.45, 2.75) is 13.0 Å². The lowest BCUT2D eigenvalue weighted by Gasteiger charge is -2.18. The number of aliphatic hydroxyl groups is 1. The number of nitriles is 1. The van der Waals surface area contributed by atoms with E-state index < -0.39 is 0 Å². The molecule has 0 aliphatic carbocycles. The fraction of sp³-hybridized carbons (Fsp3) is 0.294. The summed E-state index contributed by atoms with van der Waals surface area (Å²) in [5.74, 6) is 1.65. The van der Waals surface area contributed by atoms with E-state index in [1.807, 2.05) is 25.1 Å². The van der Waals surface area contributed by atoms with Crippen LogP contribution in [0.2, 0.25) is 5.02 Å². The number of nitrogens with zero attached hydrogens (tertiary/aromatic N) is 2. The Labute approximate surface area is 145 Å². The summed E-state index contributed by atoms with van der Waals surface area (Å²) < 4.78 is 10.7. The van der Waals surface area contributed by atoms with Gasteiger partial charge in [-0.05, 0) is 30.7 Å². The summed E-state index contributed by atoms with van der Waals surface area (Å²) in [4.78, 5) is 4.17. The summed E-state index contributed by atoms with van der Waals surface area (Å²) in [6, 6.07) is 9.00. The van der Waals surface area contributed by atoms with Gasteiger partial charge in [0.2, 0.25) is 0 Å². The fourth-order valence-corrected chi connectivity index (χ4v) is 2.34. The minimum atomic E-state index is -0.0938. The Morgan fingerprint density at radius 1 is 1.38 bits per heavy atom. The highest BCUT2D eigenvalue weighted by Gasteiger charge is 2.13. The maximum Gasteiger partial charge on any atom is 0.161 e. The Morgan fingerprint density at radius 3 is 2.79 bits per heavy atom. The molecule has 1 atom stereocenters. The van der Waals surface area contributed by atoms with Gasteiger partial charge in [0.1, 0.15) is 18.5 Å². The normalized spacial score (nSPS) is 11.5. The van der Waals surface area contributed by atoms with Crippen LogP contribution in [0, 0.1) is 11.3 Å². The maximum absolute atomic E-state index is 8.85. The van der Waals surface area contributed by atoms with Crippen molar-refractivity contribution in [3.8, 4) is 17.6 Å². The van der Waals surface area contributed by atoms with Gasteiger partial charge in [-0.1, -0.05) is 17.7 Å². The van der Waals surface area contributed by atoms with Crippen molar-refractivity contribution in [1.29, 1.82) is 5.26 Å². The maximum atomic E-state index is 8.85. The van der Waals surface area contributed by atoms with Gasteiger partial charge in [0.25, 0.3) is 0 Å². The van der Waals surface area contributed by atoms with Crippen LogP contribution in [0.5, 0.6) is 11.5 Å². The first-order valence-electron chi connectivity index (χ1n) is 7.32. The summed E-state index contributed by atoms with van der Waals surface area (Å²) in [7, 11) is 1.56. The zero-order valence-corrected chi connectivity index (χ0v) is 14.2. The average molecular weight is 348 g/mol. The van der Waals surface area contributed by atoms with E-state index in [-0.39, 0.29) is 19.3 Å². The molecule has 0 saturated carbocycles. The highest BCUT2D eigenvalue weighted by atomic mass is 35.5. The topological polar surface area (TPSA) is 87.4 Å². The Hall–Kier alpha value is -2.49. The Bertz CT molecular complexity index is 746. The SMILES string of the molecule is COc1cc([C@H](C)Nc2ncc(C#N)cc2Cl)ccc1OCCO. The molecule has 0 radical (unpaired) electrons. The van der Waals surface area contributed by atoms with Crippen molar-refractivity contribution in [2.24, 2.45) is 0 Å². The van der Waals surface area contributed by atoms with Gasteiger partial charge in [0, 0.05) is 6.20 Å². The summed E-state index contributed by atoms with van der Waals surface area (Å²) in [6.45, 7) is 2.10. The van der Waals surface area contributed by atoms with Crippen LogP contribution in [-0.2, 0) is 0 Å². The molecule has 2 aromatic rings. The number of aliphatic hydroxyl groups excluding tert-OH is 1. The Morgan fingerprint density at radius 2 is 2.17 bits per heavy atom. The van der Waals surface area contributed by atoms with Crippen LogP contribution in [-0.4, -0.2) is 30.4 Å². The van der Waals surface area contributed by atoms with E-state index in [1.165, 1.54) is 6.20 Å². The first-order valence-corrected chi connectivity index (χ1v) is 7.70. The molecule has 0 spiro atoms. The number of ether oxygens (including phenoxy) is 2. The summed E-state index contributed by atoms with van der Waals surface area (Å²) in [5.41, 5.74) is 1.36. The fourth-order valence-electron chi connectivity index (χ4n) is 2.12. The van der Waals surface area contributed by atoms with E-state index in [1.54, 1.807) is 19.2 Å². The Kier molecular flexibility index (Phi) is 6.24. The third kappa shape index (κ3) is 4.28. The highest BCUT2D eigenvalue weighted by molar-refractivity contribution is 6.33. The number of pyridine rings is 1. The first-order chi connectivity index (χ1) is 11.6. The number of rotatable bonds is 7. The Balaban J connectivity index is 2.17. The third-order valence-electron chi connectivity index (χ3n) is 3.36. The second-order valence-corrected chi connectivity index (χ2v) is 5.42. The molecule has 0 bridgehead atoms. The number of benzene rings is 1. The van der Waals surface area contributed by atoms with E-state index >= 15 is 0 Å². The van der Waals surface area contributed by atoms with Gasteiger partial charge in [0.15, 0.2) is 11.5 Å². The number of nitrogens with one attached hydrogen (secondary N) is 1. The molecule has 2 rings (SSSR count). The van der Waals surface area contributed by atoms with Crippen molar-refractivity contribution >= 4 is 17.4 Å². The standard InChI is InChI=1S/C17H18ClN3O3/c1-11(21-17-14(18)7-12(9-19)10-20-17)13-3-4-15(24-6-5-22)16(8-13)23-2/h3-4,7-8,10-11,22H,5-6H2,1-2H3,(H,20,21)/t11-/m0/s1. The lowest BCUT2D eigenvalue weighted by Crippen LogP contribution is -2.09. The monoisotopic (exact) mass is 347 g/mol. The largest absolute Gasteiger partial charge is 0.493 e. The van der Waals surface area contributed by atoms with Crippen molar-refractivity contribution in [3.63, 3.8) is 0 Å². The smallest absolute Gasteiger partial charge is 0.161 e. The molecular formula is C17H18ClN3O3. The third-order valence-corrected chi connectivity index (χ3v) is 3.65. The van der Waals surface area contributed by atoms with Crippen LogP contribution in [0.25, 0.3) is 0 Å². The van der Waals surface area contributed by atoms with Gasteiger partial charge in [0.05, 0.1) is 30.3 Å². The molecule has 2 N–H and O–H groups in total. The minimum Gasteiger partial charge on any atom is -0.493 e. The number of halogens is 1. The molecule has 1 aromatic heterocycles. The van der Waals surface area contributed by atoms with E-state index in [0.29, 0.717) is 27.9 Å². The molecule has 7 heteroatoms. The van der Waals surface area contributed by atoms with E-state index in [2.05, 4.69) is 10.3 Å². The second-order valence-electron chi connectivity index (χ2n) is 5.01. The van der Waals surface area contributed by atoms with E-state index in [0.717, 1.165) is 5.56 Å². The van der Waals surface area contributed by atoms with Gasteiger partial charge in [-0.25, -0.2) is 4.98 Å². The van der Waals surface area contributed by atoms with Gasteiger partial charge < -0.3 is 19.9 Å². The zero-order chi connectivity index (χ0) is 17.5. The molecule has 0 saturated heterocycles. The number of hydrogen-bond donors (Lipinski definition) is 2. The van der Waals surface area contributed by atoms with Gasteiger partial charge in [-0.3, -0.25) is 0 Å². The lowest BCUT2D eigenvalue weighted by molar-refractivity contribution is 0.196. The number of hydrogen-bond acceptors (Lipinski definition) is 6. The van der Waals surface area contributed by atoms with E-state index in [4.69, 9.17) is 31.4 Å². The molecule has 1 heterocycles. The average Bonchev–Trinajstić information content (AvgIpc) is 2.61. The first kappa shape index (κ1) is 17.9. The van der Waals surface area contributed by atoms with Crippen molar-refractivity contribution < 1.29 is 14.6 Å². The summed E-state index contributed by atoms with van der Waals surface area (Å²) in [5, 5.41) is 21.3. The highest BCUT2D eigenvalue weighted by Crippen LogP contribution is 2.32. The molecular weight excluding hydrogens is 330 g/mol. The molecule has 0 aliphatic heterocycles. The van der Waals surface area contributed by atoms with Crippen LogP contribution in [0.3, 0.4) is 0 Å². The van der Waals surface area contributed by atoms with Crippen LogP contribution >= 0.6 is 11.6 Å². The predicted octanol–water partition coefficient (Wildman–Crippen LogP) is 3.16. The number of methoxy groups -OCH3 is 1. The molecule has 24 heavy (non-hydrogen) atoms. The molecule has 0 amide bonds. The summed E-state index contributed by atoms with van der Waals surface area (Å²) >= 11 is 6.14. The number of aromatic nitrogens is 1. The number of anilines is 1. The molecule has 126 valence electrons.